The normalized spacial score (nSPS) is 22.1. The standard InChI is InChI=1S/C27H42N2O4SSi/c1-19(23-21(24(30)28-23)15-18-33-35(5,6)27(2,3)4)26(32)34-22-14-10-9-13-20(22)25(31)29-16-11-7-8-12-17-29/h9-10,13-14,19,21,23H,7-8,11-12,15-18H2,1-6H3,(H,28,30)/t19-,21+,23-/m1/s1. The fourth-order valence-electron chi connectivity index (χ4n) is 4.40. The number of β-lactam (4-membered cyclic amide) rings is 1. The summed E-state index contributed by atoms with van der Waals surface area (Å²) in [7, 11) is -1.88. The Bertz CT molecular complexity index is 922. The van der Waals surface area contributed by atoms with Gasteiger partial charge in [0.2, 0.25) is 5.91 Å². The van der Waals surface area contributed by atoms with Crippen molar-refractivity contribution in [3.63, 3.8) is 0 Å². The number of thioether (sulfide) groups is 1. The van der Waals surface area contributed by atoms with Crippen LogP contribution in [0.4, 0.5) is 0 Å². The summed E-state index contributed by atoms with van der Waals surface area (Å²) in [5.74, 6) is -0.562. The van der Waals surface area contributed by atoms with Crippen molar-refractivity contribution < 1.29 is 18.8 Å². The molecule has 0 aliphatic carbocycles. The lowest BCUT2D eigenvalue weighted by molar-refractivity contribution is -0.138. The second kappa shape index (κ2) is 11.6. The maximum absolute atomic E-state index is 13.2. The van der Waals surface area contributed by atoms with Gasteiger partial charge in [-0.05, 0) is 49.5 Å². The third-order valence-corrected chi connectivity index (χ3v) is 13.6. The molecule has 1 aromatic rings. The summed E-state index contributed by atoms with van der Waals surface area (Å²) in [6.45, 7) is 15.0. The molecule has 0 spiro atoms. The zero-order valence-corrected chi connectivity index (χ0v) is 24.0. The van der Waals surface area contributed by atoms with Crippen LogP contribution in [-0.2, 0) is 14.0 Å². The molecule has 2 aliphatic heterocycles. The van der Waals surface area contributed by atoms with E-state index in [1.54, 1.807) is 0 Å². The van der Waals surface area contributed by atoms with Crippen LogP contribution < -0.4 is 5.32 Å². The van der Waals surface area contributed by atoms with E-state index in [1.807, 2.05) is 36.1 Å². The number of benzene rings is 1. The Labute approximate surface area is 216 Å². The number of carbonyl (C=O) groups excluding carboxylic acids is 3. The minimum Gasteiger partial charge on any atom is -0.417 e. The van der Waals surface area contributed by atoms with Crippen molar-refractivity contribution >= 4 is 37.0 Å². The second-order valence-corrected chi connectivity index (χ2v) is 17.3. The number of carbonyl (C=O) groups is 3. The second-order valence-electron chi connectivity index (χ2n) is 11.5. The Balaban J connectivity index is 1.61. The molecule has 1 N–H and O–H groups in total. The van der Waals surface area contributed by atoms with E-state index >= 15 is 0 Å². The summed E-state index contributed by atoms with van der Waals surface area (Å²) >= 11 is 1.13. The lowest BCUT2D eigenvalue weighted by Crippen LogP contribution is -2.62. The third kappa shape index (κ3) is 6.77. The van der Waals surface area contributed by atoms with E-state index in [9.17, 15) is 14.4 Å². The number of hydrogen-bond acceptors (Lipinski definition) is 5. The van der Waals surface area contributed by atoms with Gasteiger partial charge in [-0.2, -0.15) is 0 Å². The first-order chi connectivity index (χ1) is 16.4. The highest BCUT2D eigenvalue weighted by atomic mass is 32.2. The molecule has 2 heterocycles. The van der Waals surface area contributed by atoms with Crippen LogP contribution >= 0.6 is 11.8 Å². The molecule has 0 bridgehead atoms. The lowest BCUT2D eigenvalue weighted by atomic mass is 9.80. The van der Waals surface area contributed by atoms with Crippen LogP contribution in [0.1, 0.15) is 70.2 Å². The largest absolute Gasteiger partial charge is 0.417 e. The van der Waals surface area contributed by atoms with Crippen LogP contribution in [-0.4, -0.2) is 55.9 Å². The molecule has 0 radical (unpaired) electrons. The van der Waals surface area contributed by atoms with Gasteiger partial charge < -0.3 is 14.6 Å². The molecule has 2 aliphatic rings. The predicted octanol–water partition coefficient (Wildman–Crippen LogP) is 5.48. The molecule has 2 fully saturated rings. The molecule has 0 saturated carbocycles. The minimum absolute atomic E-state index is 0.00442. The first kappa shape index (κ1) is 27.9. The maximum Gasteiger partial charge on any atom is 0.255 e. The molecule has 2 amide bonds. The molecule has 6 nitrogen and oxygen atoms in total. The highest BCUT2D eigenvalue weighted by Gasteiger charge is 2.45. The molecule has 0 unspecified atom stereocenters. The molecule has 2 saturated heterocycles. The van der Waals surface area contributed by atoms with E-state index in [1.165, 1.54) is 0 Å². The average Bonchev–Trinajstić information content (AvgIpc) is 3.08. The number of likely N-dealkylation sites (tertiary alicyclic amines) is 1. The van der Waals surface area contributed by atoms with Crippen molar-refractivity contribution in [2.45, 2.75) is 88.9 Å². The van der Waals surface area contributed by atoms with Crippen LogP contribution in [0.3, 0.4) is 0 Å². The fraction of sp³-hybridized carbons (Fsp3) is 0.667. The quantitative estimate of drug-likeness (QED) is 0.280. The van der Waals surface area contributed by atoms with Crippen LogP contribution in [0.15, 0.2) is 29.2 Å². The Morgan fingerprint density at radius 1 is 1.14 bits per heavy atom. The fourth-order valence-corrected chi connectivity index (χ4v) is 6.43. The van der Waals surface area contributed by atoms with Gasteiger partial charge >= 0.3 is 0 Å². The van der Waals surface area contributed by atoms with E-state index in [0.717, 1.165) is 50.5 Å². The van der Waals surface area contributed by atoms with Crippen LogP contribution in [0.2, 0.25) is 18.1 Å². The molecular formula is C27H42N2O4SSi. The highest BCUT2D eigenvalue weighted by molar-refractivity contribution is 8.13. The topological polar surface area (TPSA) is 75.7 Å². The summed E-state index contributed by atoms with van der Waals surface area (Å²) in [6.07, 6.45) is 4.99. The van der Waals surface area contributed by atoms with E-state index in [2.05, 4.69) is 39.2 Å². The monoisotopic (exact) mass is 518 g/mol. The first-order valence-corrected chi connectivity index (χ1v) is 16.7. The molecule has 35 heavy (non-hydrogen) atoms. The SMILES string of the molecule is C[C@@H](C(=O)Sc1ccccc1C(=O)N1CCCCCC1)[C@H]1NC(=O)[C@H]1CCO[Si](C)(C)C(C)(C)C. The van der Waals surface area contributed by atoms with Crippen molar-refractivity contribution in [2.24, 2.45) is 11.8 Å². The van der Waals surface area contributed by atoms with Gasteiger partial charge in [0, 0.05) is 30.5 Å². The summed E-state index contributed by atoms with van der Waals surface area (Å²) in [4.78, 5) is 41.4. The summed E-state index contributed by atoms with van der Waals surface area (Å²) in [5.41, 5.74) is 0.594. The number of amides is 2. The van der Waals surface area contributed by atoms with E-state index in [-0.39, 0.29) is 39.8 Å². The third-order valence-electron chi connectivity index (χ3n) is 7.91. The number of hydrogen-bond donors (Lipinski definition) is 1. The number of rotatable bonds is 8. The van der Waals surface area contributed by atoms with Gasteiger partial charge in [-0.1, -0.05) is 64.4 Å². The smallest absolute Gasteiger partial charge is 0.255 e. The molecule has 0 aromatic heterocycles. The predicted molar refractivity (Wildman–Crippen MR) is 144 cm³/mol. The van der Waals surface area contributed by atoms with E-state index < -0.39 is 8.32 Å². The molecule has 1 aromatic carbocycles. The molecular weight excluding hydrogens is 476 g/mol. The van der Waals surface area contributed by atoms with Crippen LogP contribution in [0, 0.1) is 11.8 Å². The summed E-state index contributed by atoms with van der Waals surface area (Å²) < 4.78 is 6.27. The van der Waals surface area contributed by atoms with Gasteiger partial charge in [0.05, 0.1) is 17.5 Å². The van der Waals surface area contributed by atoms with Gasteiger partial charge in [0.25, 0.3) is 5.91 Å². The van der Waals surface area contributed by atoms with Gasteiger partial charge in [-0.3, -0.25) is 14.4 Å². The average molecular weight is 519 g/mol. The zero-order chi connectivity index (χ0) is 25.8. The van der Waals surface area contributed by atoms with Gasteiger partial charge in [-0.15, -0.1) is 0 Å². The van der Waals surface area contributed by atoms with E-state index in [4.69, 9.17) is 4.43 Å². The van der Waals surface area contributed by atoms with Gasteiger partial charge in [0.1, 0.15) is 0 Å². The van der Waals surface area contributed by atoms with Crippen molar-refractivity contribution in [3.05, 3.63) is 29.8 Å². The lowest BCUT2D eigenvalue weighted by Gasteiger charge is -2.41. The summed E-state index contributed by atoms with van der Waals surface area (Å²) in [5, 5.41) is 3.03. The number of nitrogens with one attached hydrogen (secondary N) is 1. The first-order valence-electron chi connectivity index (χ1n) is 13.0. The molecule has 3 rings (SSSR count). The van der Waals surface area contributed by atoms with Crippen LogP contribution in [0.25, 0.3) is 0 Å². The Morgan fingerprint density at radius 3 is 2.37 bits per heavy atom. The van der Waals surface area contributed by atoms with Crippen molar-refractivity contribution in [1.29, 1.82) is 0 Å². The molecule has 194 valence electrons. The van der Waals surface area contributed by atoms with Crippen molar-refractivity contribution in [1.82, 2.24) is 10.2 Å². The minimum atomic E-state index is -1.88. The summed E-state index contributed by atoms with van der Waals surface area (Å²) in [6, 6.07) is 7.20. The molecule has 3 atom stereocenters. The van der Waals surface area contributed by atoms with Crippen molar-refractivity contribution in [2.75, 3.05) is 19.7 Å². The van der Waals surface area contributed by atoms with Crippen LogP contribution in [0.5, 0.6) is 0 Å². The Kier molecular flexibility index (Phi) is 9.26. The van der Waals surface area contributed by atoms with Gasteiger partial charge in [0.15, 0.2) is 13.4 Å². The highest BCUT2D eigenvalue weighted by Crippen LogP contribution is 2.38. The van der Waals surface area contributed by atoms with Crippen molar-refractivity contribution in [3.8, 4) is 0 Å². The van der Waals surface area contributed by atoms with E-state index in [0.29, 0.717) is 23.5 Å². The Morgan fingerprint density at radius 2 is 1.77 bits per heavy atom. The number of nitrogens with zero attached hydrogens (tertiary/aromatic N) is 1. The Hall–Kier alpha value is -1.64. The molecule has 8 heteroatoms. The zero-order valence-electron chi connectivity index (χ0n) is 22.2. The van der Waals surface area contributed by atoms with Gasteiger partial charge in [-0.25, -0.2) is 0 Å². The maximum atomic E-state index is 13.2.